The van der Waals surface area contributed by atoms with Gasteiger partial charge in [0.2, 0.25) is 0 Å². The Hall–Kier alpha value is -1.36. The molecular formula is C13H24O5. The van der Waals surface area contributed by atoms with E-state index < -0.39 is 11.9 Å². The molecule has 0 fully saturated rings. The maximum absolute atomic E-state index is 10.1. The van der Waals surface area contributed by atoms with Crippen LogP contribution in [0.2, 0.25) is 0 Å². The molecule has 106 valence electrons. The first-order chi connectivity index (χ1) is 8.34. The lowest BCUT2D eigenvalue weighted by Gasteiger charge is -2.06. The molecule has 5 heteroatoms. The van der Waals surface area contributed by atoms with E-state index in [-0.39, 0.29) is 6.42 Å². The van der Waals surface area contributed by atoms with Gasteiger partial charge in [0.25, 0.3) is 0 Å². The van der Waals surface area contributed by atoms with E-state index in [1.54, 1.807) is 20.1 Å². The third kappa shape index (κ3) is 14.6. The lowest BCUT2D eigenvalue weighted by atomic mass is 10.1. The number of carboxylic acid groups (broad SMARTS) is 2. The predicted molar refractivity (Wildman–Crippen MR) is 69.6 cm³/mol. The molecule has 0 bridgehead atoms. The van der Waals surface area contributed by atoms with Crippen molar-refractivity contribution in [1.82, 2.24) is 0 Å². The van der Waals surface area contributed by atoms with Crippen molar-refractivity contribution < 1.29 is 24.5 Å². The van der Waals surface area contributed by atoms with Gasteiger partial charge in [0.05, 0.1) is 0 Å². The fourth-order valence-corrected chi connectivity index (χ4v) is 1.13. The quantitative estimate of drug-likeness (QED) is 0.687. The second-order valence-electron chi connectivity index (χ2n) is 4.09. The van der Waals surface area contributed by atoms with Crippen LogP contribution in [0.25, 0.3) is 0 Å². The zero-order chi connectivity index (χ0) is 14.6. The van der Waals surface area contributed by atoms with Crippen LogP contribution in [0.15, 0.2) is 11.6 Å². The third-order valence-corrected chi connectivity index (χ3v) is 2.15. The molecule has 0 amide bonds. The lowest BCUT2D eigenvalue weighted by molar-refractivity contribution is -0.137. The van der Waals surface area contributed by atoms with E-state index in [0.717, 1.165) is 6.42 Å². The molecule has 0 saturated carbocycles. The summed E-state index contributed by atoms with van der Waals surface area (Å²) in [4.78, 5) is 20.1. The summed E-state index contributed by atoms with van der Waals surface area (Å²) in [5.74, 6) is -1.21. The number of rotatable bonds is 7. The summed E-state index contributed by atoms with van der Waals surface area (Å²) in [6.45, 7) is 6.12. The van der Waals surface area contributed by atoms with E-state index in [0.29, 0.717) is 24.5 Å². The van der Waals surface area contributed by atoms with Gasteiger partial charge in [-0.3, -0.25) is 4.79 Å². The van der Waals surface area contributed by atoms with Gasteiger partial charge in [0.1, 0.15) is 0 Å². The second-order valence-corrected chi connectivity index (χ2v) is 4.09. The number of methoxy groups -OCH3 is 1. The lowest BCUT2D eigenvalue weighted by Crippen LogP contribution is -2.06. The molecule has 1 unspecified atom stereocenters. The Morgan fingerprint density at radius 3 is 2.17 bits per heavy atom. The van der Waals surface area contributed by atoms with Crippen molar-refractivity contribution in [3.05, 3.63) is 11.6 Å². The number of carboxylic acids is 2. The molecule has 0 aromatic heterocycles. The SMILES string of the molecule is CCC=C(C)C(=O)O.COCC(C)CCC(=O)O. The number of hydrogen-bond acceptors (Lipinski definition) is 3. The molecule has 0 aliphatic heterocycles. The summed E-state index contributed by atoms with van der Waals surface area (Å²) in [5.41, 5.74) is 0.424. The van der Waals surface area contributed by atoms with Gasteiger partial charge in [-0.15, -0.1) is 0 Å². The van der Waals surface area contributed by atoms with Crippen molar-refractivity contribution in [2.75, 3.05) is 13.7 Å². The Labute approximate surface area is 108 Å². The molecule has 0 radical (unpaired) electrons. The first-order valence-electron chi connectivity index (χ1n) is 5.95. The van der Waals surface area contributed by atoms with Crippen molar-refractivity contribution in [3.63, 3.8) is 0 Å². The van der Waals surface area contributed by atoms with Gasteiger partial charge in [0, 0.05) is 25.7 Å². The summed E-state index contributed by atoms with van der Waals surface area (Å²) < 4.78 is 4.84. The van der Waals surface area contributed by atoms with Crippen LogP contribution in [0, 0.1) is 5.92 Å². The van der Waals surface area contributed by atoms with Gasteiger partial charge in [-0.2, -0.15) is 0 Å². The van der Waals surface area contributed by atoms with Crippen molar-refractivity contribution in [2.45, 2.75) is 40.0 Å². The normalized spacial score (nSPS) is 12.3. The monoisotopic (exact) mass is 260 g/mol. The fourth-order valence-electron chi connectivity index (χ4n) is 1.13. The van der Waals surface area contributed by atoms with Crippen LogP contribution in [0.3, 0.4) is 0 Å². The predicted octanol–water partition coefficient (Wildman–Crippen LogP) is 2.56. The van der Waals surface area contributed by atoms with E-state index in [4.69, 9.17) is 14.9 Å². The second kappa shape index (κ2) is 12.1. The zero-order valence-corrected chi connectivity index (χ0v) is 11.6. The van der Waals surface area contributed by atoms with Gasteiger partial charge in [-0.25, -0.2) is 4.79 Å². The Kier molecular flexibility index (Phi) is 12.8. The minimum absolute atomic E-state index is 0.241. The average Bonchev–Trinajstić information content (AvgIpc) is 2.28. The van der Waals surface area contributed by atoms with E-state index in [2.05, 4.69) is 0 Å². The molecular weight excluding hydrogens is 236 g/mol. The summed E-state index contributed by atoms with van der Waals surface area (Å²) in [5, 5.41) is 16.5. The third-order valence-electron chi connectivity index (χ3n) is 2.15. The molecule has 1 atom stereocenters. The largest absolute Gasteiger partial charge is 0.481 e. The van der Waals surface area contributed by atoms with Gasteiger partial charge in [-0.1, -0.05) is 19.9 Å². The van der Waals surface area contributed by atoms with Crippen LogP contribution >= 0.6 is 0 Å². The van der Waals surface area contributed by atoms with Crippen LogP contribution in [-0.4, -0.2) is 35.9 Å². The van der Waals surface area contributed by atoms with Gasteiger partial charge < -0.3 is 14.9 Å². The highest BCUT2D eigenvalue weighted by atomic mass is 16.5. The molecule has 5 nitrogen and oxygen atoms in total. The van der Waals surface area contributed by atoms with E-state index >= 15 is 0 Å². The molecule has 0 aliphatic carbocycles. The molecule has 0 aromatic carbocycles. The van der Waals surface area contributed by atoms with E-state index in [1.807, 2.05) is 13.8 Å². The molecule has 2 N–H and O–H groups in total. The van der Waals surface area contributed by atoms with E-state index in [9.17, 15) is 9.59 Å². The van der Waals surface area contributed by atoms with Crippen LogP contribution in [0.1, 0.15) is 40.0 Å². The smallest absolute Gasteiger partial charge is 0.330 e. The topological polar surface area (TPSA) is 83.8 Å². The number of carbonyl (C=O) groups is 2. The van der Waals surface area contributed by atoms with Crippen LogP contribution in [-0.2, 0) is 14.3 Å². The van der Waals surface area contributed by atoms with Gasteiger partial charge in [-0.05, 0) is 25.7 Å². The molecule has 0 rings (SSSR count). The standard InChI is InChI=1S/C7H14O3.C6H10O2/c1-6(5-10-2)3-4-7(8)9;1-3-4-5(2)6(7)8/h6H,3-5H2,1-2H3,(H,8,9);4H,3H2,1-2H3,(H,7,8). The summed E-state index contributed by atoms with van der Waals surface area (Å²) in [6, 6.07) is 0. The van der Waals surface area contributed by atoms with Crippen LogP contribution in [0.4, 0.5) is 0 Å². The zero-order valence-electron chi connectivity index (χ0n) is 11.6. The molecule has 0 aromatic rings. The van der Waals surface area contributed by atoms with E-state index in [1.165, 1.54) is 0 Å². The molecule has 0 aliphatic rings. The fraction of sp³-hybridized carbons (Fsp3) is 0.692. The highest BCUT2D eigenvalue weighted by Gasteiger charge is 2.03. The minimum atomic E-state index is -0.827. The number of ether oxygens (including phenoxy) is 1. The first kappa shape index (κ1) is 19.0. The average molecular weight is 260 g/mol. The summed E-state index contributed by atoms with van der Waals surface area (Å²) in [7, 11) is 1.62. The first-order valence-corrected chi connectivity index (χ1v) is 5.95. The van der Waals surface area contributed by atoms with Crippen molar-refractivity contribution in [2.24, 2.45) is 5.92 Å². The van der Waals surface area contributed by atoms with Crippen molar-refractivity contribution in [1.29, 1.82) is 0 Å². The Balaban J connectivity index is 0. The van der Waals surface area contributed by atoms with Gasteiger partial charge >= 0.3 is 11.9 Å². The summed E-state index contributed by atoms with van der Waals surface area (Å²) in [6.07, 6.45) is 3.41. The highest BCUT2D eigenvalue weighted by Crippen LogP contribution is 2.04. The van der Waals surface area contributed by atoms with Crippen LogP contribution < -0.4 is 0 Å². The van der Waals surface area contributed by atoms with Gasteiger partial charge in [0.15, 0.2) is 0 Å². The Morgan fingerprint density at radius 2 is 1.89 bits per heavy atom. The number of hydrogen-bond donors (Lipinski definition) is 2. The maximum atomic E-state index is 10.1. The van der Waals surface area contributed by atoms with Crippen molar-refractivity contribution >= 4 is 11.9 Å². The molecule has 0 spiro atoms. The van der Waals surface area contributed by atoms with Crippen molar-refractivity contribution in [3.8, 4) is 0 Å². The van der Waals surface area contributed by atoms with Crippen LogP contribution in [0.5, 0.6) is 0 Å². The minimum Gasteiger partial charge on any atom is -0.481 e. The highest BCUT2D eigenvalue weighted by molar-refractivity contribution is 5.85. The molecule has 0 heterocycles. The number of allylic oxidation sites excluding steroid dienone is 1. The summed E-state index contributed by atoms with van der Waals surface area (Å²) >= 11 is 0. The Bertz CT molecular complexity index is 271. The maximum Gasteiger partial charge on any atom is 0.330 e. The Morgan fingerprint density at radius 1 is 1.33 bits per heavy atom. The molecule has 0 saturated heterocycles. The molecule has 18 heavy (non-hydrogen) atoms. The number of aliphatic carboxylic acids is 2.